The Bertz CT molecular complexity index is 1980. The van der Waals surface area contributed by atoms with Crippen molar-refractivity contribution in [1.82, 2.24) is 24.5 Å². The fraction of sp³-hybridized carbons (Fsp3) is 0.343. The number of imidazole rings is 1. The molecule has 228 valence electrons. The topological polar surface area (TPSA) is 107 Å². The van der Waals surface area contributed by atoms with Gasteiger partial charge in [0, 0.05) is 50.3 Å². The Morgan fingerprint density at radius 1 is 1.13 bits per heavy atom. The lowest BCUT2D eigenvalue weighted by Crippen LogP contribution is -2.31. The number of carbonyl (C=O) groups excluding carboxylic acids is 1. The van der Waals surface area contributed by atoms with Crippen LogP contribution in [0.1, 0.15) is 38.2 Å². The maximum atomic E-state index is 12.1. The molecule has 10 nitrogen and oxygen atoms in total. The van der Waals surface area contributed by atoms with Gasteiger partial charge in [-0.15, -0.1) is 0 Å². The number of hydrogen-bond acceptors (Lipinski definition) is 9. The zero-order valence-electron chi connectivity index (χ0n) is 25.7. The van der Waals surface area contributed by atoms with E-state index in [0.717, 1.165) is 77.7 Å². The lowest BCUT2D eigenvalue weighted by Gasteiger charge is -2.25. The molecule has 2 aromatic carbocycles. The number of Topliss-reactive ketones (excluding diaryl/α,β-unsaturated/α-hetero) is 1. The van der Waals surface area contributed by atoms with Gasteiger partial charge in [-0.1, -0.05) is 5.92 Å². The summed E-state index contributed by atoms with van der Waals surface area (Å²) in [6, 6.07) is 13.8. The first-order valence-electron chi connectivity index (χ1n) is 15.4. The van der Waals surface area contributed by atoms with Gasteiger partial charge in [0.15, 0.2) is 17.4 Å². The molecule has 5 aromatic rings. The number of pyridine rings is 1. The molecule has 2 aliphatic rings. The molecule has 10 heteroatoms. The molecule has 7 rings (SSSR count). The SMILES string of the molecule is CC#CC(=O)CCC1CCCN2CC1COc1cc3ncnc(Nc4ccc(Oc5ccc6c(c5)ncn6C)c(C)c4)c3nc12. The maximum Gasteiger partial charge on any atom is 0.205 e. The van der Waals surface area contributed by atoms with Crippen LogP contribution in [0.2, 0.25) is 0 Å². The summed E-state index contributed by atoms with van der Waals surface area (Å²) < 4.78 is 14.6. The van der Waals surface area contributed by atoms with E-state index in [1.54, 1.807) is 19.6 Å². The number of anilines is 3. The van der Waals surface area contributed by atoms with Crippen molar-refractivity contribution in [3.8, 4) is 29.1 Å². The van der Waals surface area contributed by atoms with Crippen molar-refractivity contribution in [3.63, 3.8) is 0 Å². The summed E-state index contributed by atoms with van der Waals surface area (Å²) >= 11 is 0. The minimum atomic E-state index is 0.0165. The minimum Gasteiger partial charge on any atom is -0.489 e. The molecular weight excluding hydrogens is 566 g/mol. The summed E-state index contributed by atoms with van der Waals surface area (Å²) in [6.07, 6.45) is 6.77. The summed E-state index contributed by atoms with van der Waals surface area (Å²) in [4.78, 5) is 33.0. The summed E-state index contributed by atoms with van der Waals surface area (Å²) in [5, 5.41) is 3.46. The van der Waals surface area contributed by atoms with E-state index in [0.29, 0.717) is 41.7 Å². The van der Waals surface area contributed by atoms with Crippen LogP contribution in [-0.4, -0.2) is 50.0 Å². The normalized spacial score (nSPS) is 17.4. The smallest absolute Gasteiger partial charge is 0.205 e. The van der Waals surface area contributed by atoms with Crippen molar-refractivity contribution in [1.29, 1.82) is 0 Å². The Balaban J connectivity index is 1.11. The van der Waals surface area contributed by atoms with Crippen LogP contribution in [0.25, 0.3) is 22.1 Å². The van der Waals surface area contributed by atoms with Crippen molar-refractivity contribution >= 4 is 45.2 Å². The first kappa shape index (κ1) is 28.6. The van der Waals surface area contributed by atoms with E-state index < -0.39 is 0 Å². The van der Waals surface area contributed by atoms with Crippen LogP contribution in [0.4, 0.5) is 17.3 Å². The average Bonchev–Trinajstić information content (AvgIpc) is 3.18. The number of ether oxygens (including phenoxy) is 2. The molecular formula is C35H35N7O3. The van der Waals surface area contributed by atoms with Gasteiger partial charge in [0.2, 0.25) is 5.78 Å². The van der Waals surface area contributed by atoms with Crippen molar-refractivity contribution in [2.75, 3.05) is 29.9 Å². The molecule has 1 N–H and O–H groups in total. The highest BCUT2D eigenvalue weighted by molar-refractivity contribution is 5.95. The Morgan fingerprint density at radius 3 is 2.91 bits per heavy atom. The van der Waals surface area contributed by atoms with Crippen LogP contribution >= 0.6 is 0 Å². The number of ketones is 1. The fourth-order valence-corrected chi connectivity index (χ4v) is 6.45. The maximum absolute atomic E-state index is 12.1. The molecule has 0 spiro atoms. The second-order valence-electron chi connectivity index (χ2n) is 11.9. The number of aromatic nitrogens is 5. The van der Waals surface area contributed by atoms with Crippen LogP contribution in [0.5, 0.6) is 17.2 Å². The number of carbonyl (C=O) groups is 1. The van der Waals surface area contributed by atoms with E-state index in [1.165, 1.54) is 0 Å². The first-order valence-corrected chi connectivity index (χ1v) is 15.4. The largest absolute Gasteiger partial charge is 0.489 e. The van der Waals surface area contributed by atoms with E-state index in [4.69, 9.17) is 14.5 Å². The van der Waals surface area contributed by atoms with Gasteiger partial charge < -0.3 is 24.3 Å². The number of hydrogen-bond donors (Lipinski definition) is 1. The first-order chi connectivity index (χ1) is 21.9. The lowest BCUT2D eigenvalue weighted by molar-refractivity contribution is -0.114. The van der Waals surface area contributed by atoms with E-state index >= 15 is 0 Å². The van der Waals surface area contributed by atoms with Gasteiger partial charge in [-0.25, -0.2) is 19.9 Å². The third-order valence-electron chi connectivity index (χ3n) is 8.80. The third kappa shape index (κ3) is 5.86. The Hall–Kier alpha value is -5.17. The van der Waals surface area contributed by atoms with Crippen LogP contribution in [0.3, 0.4) is 0 Å². The molecule has 0 radical (unpaired) electrons. The van der Waals surface area contributed by atoms with Gasteiger partial charge in [0.05, 0.1) is 29.5 Å². The Labute approximate surface area is 261 Å². The predicted octanol–water partition coefficient (Wildman–Crippen LogP) is 6.35. The third-order valence-corrected chi connectivity index (χ3v) is 8.80. The minimum absolute atomic E-state index is 0.0165. The van der Waals surface area contributed by atoms with Gasteiger partial charge in [-0.05, 0) is 80.8 Å². The highest BCUT2D eigenvalue weighted by atomic mass is 16.5. The molecule has 2 bridgehead atoms. The number of aryl methyl sites for hydroxylation is 2. The second kappa shape index (κ2) is 12.1. The van der Waals surface area contributed by atoms with Crippen LogP contribution in [-0.2, 0) is 11.8 Å². The highest BCUT2D eigenvalue weighted by Gasteiger charge is 2.33. The summed E-state index contributed by atoms with van der Waals surface area (Å²) in [7, 11) is 1.98. The lowest BCUT2D eigenvalue weighted by atomic mass is 9.85. The number of benzene rings is 2. The zero-order valence-corrected chi connectivity index (χ0v) is 25.7. The van der Waals surface area contributed by atoms with E-state index in [1.807, 2.05) is 61.0 Å². The van der Waals surface area contributed by atoms with Crippen molar-refractivity contribution in [2.45, 2.75) is 39.5 Å². The standard InChI is InChI=1S/C35H35N7O3/c1-4-6-26(43)10-8-23-7-5-14-42-18-24(23)19-44-32-17-29-33(40-35(32)42)34(37-20-36-29)39-25-9-13-31(22(2)15-25)45-27-11-12-30-28(16-27)38-21-41(30)3/h9,11-13,15-17,20-21,23-24H,5,7-8,10,14,18-19H2,1-3H3,(H,36,37,39). The molecule has 5 heterocycles. The Morgan fingerprint density at radius 2 is 2.04 bits per heavy atom. The monoisotopic (exact) mass is 601 g/mol. The molecule has 0 amide bonds. The van der Waals surface area contributed by atoms with Crippen LogP contribution in [0.15, 0.2) is 55.1 Å². The van der Waals surface area contributed by atoms with Gasteiger partial charge in [0.25, 0.3) is 0 Å². The van der Waals surface area contributed by atoms with E-state index in [-0.39, 0.29) is 5.78 Å². The predicted molar refractivity (Wildman–Crippen MR) is 174 cm³/mol. The van der Waals surface area contributed by atoms with Gasteiger partial charge in [-0.2, -0.15) is 0 Å². The van der Waals surface area contributed by atoms with Gasteiger partial charge in [-0.3, -0.25) is 4.79 Å². The molecule has 2 aliphatic heterocycles. The van der Waals surface area contributed by atoms with Gasteiger partial charge >= 0.3 is 0 Å². The molecule has 0 aliphatic carbocycles. The van der Waals surface area contributed by atoms with Crippen molar-refractivity contribution in [2.24, 2.45) is 18.9 Å². The second-order valence-corrected chi connectivity index (χ2v) is 11.9. The Kier molecular flexibility index (Phi) is 7.67. The van der Waals surface area contributed by atoms with Gasteiger partial charge in [0.1, 0.15) is 23.3 Å². The quantitative estimate of drug-likeness (QED) is 0.169. The zero-order chi connectivity index (χ0) is 30.9. The number of fused-ring (bicyclic) bond motifs is 6. The molecule has 1 saturated heterocycles. The van der Waals surface area contributed by atoms with Crippen molar-refractivity contribution < 1.29 is 14.3 Å². The summed E-state index contributed by atoms with van der Waals surface area (Å²) in [5.41, 5.74) is 5.19. The summed E-state index contributed by atoms with van der Waals surface area (Å²) in [6.45, 7) is 6.04. The number of nitrogens with zero attached hydrogens (tertiary/aromatic N) is 6. The molecule has 0 saturated carbocycles. The number of rotatable bonds is 7. The van der Waals surface area contributed by atoms with Crippen LogP contribution in [0, 0.1) is 30.6 Å². The molecule has 1 fully saturated rings. The van der Waals surface area contributed by atoms with Crippen molar-refractivity contribution in [3.05, 3.63) is 60.7 Å². The molecule has 2 unspecified atom stereocenters. The summed E-state index contributed by atoms with van der Waals surface area (Å²) in [5.74, 6) is 9.82. The molecule has 45 heavy (non-hydrogen) atoms. The molecule has 2 atom stereocenters. The van der Waals surface area contributed by atoms with E-state index in [9.17, 15) is 4.79 Å². The fourth-order valence-electron chi connectivity index (χ4n) is 6.45. The highest BCUT2D eigenvalue weighted by Crippen LogP contribution is 2.39. The average molecular weight is 602 g/mol. The van der Waals surface area contributed by atoms with Crippen LogP contribution < -0.4 is 19.7 Å². The number of nitrogens with one attached hydrogen (secondary N) is 1. The molecule has 3 aromatic heterocycles. The van der Waals surface area contributed by atoms with E-state index in [2.05, 4.69) is 37.0 Å².